The molecular weight excluding hydrogens is 419 g/mol. The molecule has 0 spiro atoms. The van der Waals surface area contributed by atoms with Crippen molar-refractivity contribution in [3.8, 4) is 0 Å². The molecule has 138 valence electrons. The molecule has 0 aliphatic carbocycles. The zero-order valence-corrected chi connectivity index (χ0v) is 17.1. The maximum Gasteiger partial charge on any atom is 0.193 e. The highest BCUT2D eigenvalue weighted by Gasteiger charge is 2.19. The lowest BCUT2D eigenvalue weighted by Crippen LogP contribution is -2.47. The Morgan fingerprint density at radius 2 is 2.12 bits per heavy atom. The first-order chi connectivity index (χ1) is 11.2. The van der Waals surface area contributed by atoms with Crippen LogP contribution < -0.4 is 5.32 Å². The molecule has 0 amide bonds. The lowest BCUT2D eigenvalue weighted by atomic mass is 10.1. The minimum Gasteiger partial charge on any atom is -0.393 e. The average Bonchev–Trinajstić information content (AvgIpc) is 3.02. The van der Waals surface area contributed by atoms with Crippen LogP contribution in [0.15, 0.2) is 11.3 Å². The SMILES string of the molecule is CCCCN=C(NCCn1cnnc1CC)N1CCC(O)CC1.I. The summed E-state index contributed by atoms with van der Waals surface area (Å²) in [4.78, 5) is 6.99. The summed E-state index contributed by atoms with van der Waals surface area (Å²) in [5, 5.41) is 21.2. The molecule has 1 aromatic rings. The molecule has 8 heteroatoms. The van der Waals surface area contributed by atoms with E-state index in [1.165, 1.54) is 0 Å². The molecule has 2 N–H and O–H groups in total. The Kier molecular flexibility index (Phi) is 10.2. The number of aromatic nitrogens is 3. The van der Waals surface area contributed by atoms with E-state index in [2.05, 4.69) is 38.8 Å². The number of guanidine groups is 1. The summed E-state index contributed by atoms with van der Waals surface area (Å²) < 4.78 is 2.08. The van der Waals surface area contributed by atoms with Crippen LogP contribution in [-0.2, 0) is 13.0 Å². The predicted octanol–water partition coefficient (Wildman–Crippen LogP) is 1.66. The summed E-state index contributed by atoms with van der Waals surface area (Å²) >= 11 is 0. The fourth-order valence-corrected chi connectivity index (χ4v) is 2.72. The minimum atomic E-state index is -0.160. The number of likely N-dealkylation sites (tertiary alicyclic amines) is 1. The number of hydrogen-bond donors (Lipinski definition) is 2. The van der Waals surface area contributed by atoms with Crippen molar-refractivity contribution >= 4 is 29.9 Å². The Morgan fingerprint density at radius 3 is 2.79 bits per heavy atom. The number of aliphatic hydroxyl groups excluding tert-OH is 1. The van der Waals surface area contributed by atoms with E-state index in [1.54, 1.807) is 6.33 Å². The van der Waals surface area contributed by atoms with Gasteiger partial charge in [0.25, 0.3) is 0 Å². The quantitative estimate of drug-likeness (QED) is 0.286. The maximum atomic E-state index is 9.68. The van der Waals surface area contributed by atoms with Crippen molar-refractivity contribution in [2.75, 3.05) is 26.2 Å². The molecule has 0 radical (unpaired) electrons. The molecule has 0 unspecified atom stereocenters. The summed E-state index contributed by atoms with van der Waals surface area (Å²) in [7, 11) is 0. The van der Waals surface area contributed by atoms with Gasteiger partial charge in [-0.2, -0.15) is 0 Å². The molecule has 1 aromatic heterocycles. The summed E-state index contributed by atoms with van der Waals surface area (Å²) in [5.41, 5.74) is 0. The van der Waals surface area contributed by atoms with E-state index in [1.807, 2.05) is 0 Å². The standard InChI is InChI=1S/C16H30N6O.HI/c1-3-5-8-17-16(21-10-6-14(23)7-11-21)18-9-12-22-13-19-20-15(22)4-2;/h13-14,23H,3-12H2,1-2H3,(H,17,18);1H. The molecule has 0 bridgehead atoms. The van der Waals surface area contributed by atoms with Gasteiger partial charge in [0.1, 0.15) is 12.2 Å². The summed E-state index contributed by atoms with van der Waals surface area (Å²) in [6.45, 7) is 8.49. The topological polar surface area (TPSA) is 78.6 Å². The number of unbranched alkanes of at least 4 members (excludes halogenated alkanes) is 1. The van der Waals surface area contributed by atoms with Crippen molar-refractivity contribution < 1.29 is 5.11 Å². The van der Waals surface area contributed by atoms with Gasteiger partial charge < -0.3 is 19.9 Å². The highest BCUT2D eigenvalue weighted by atomic mass is 127. The smallest absolute Gasteiger partial charge is 0.193 e. The van der Waals surface area contributed by atoms with Crippen LogP contribution in [0, 0.1) is 0 Å². The molecule has 2 rings (SSSR count). The van der Waals surface area contributed by atoms with Gasteiger partial charge >= 0.3 is 0 Å². The molecule has 1 aliphatic rings. The first-order valence-electron chi connectivity index (χ1n) is 8.82. The number of rotatable bonds is 7. The summed E-state index contributed by atoms with van der Waals surface area (Å²) in [6.07, 6.45) is 6.41. The Hall–Kier alpha value is -0.900. The van der Waals surface area contributed by atoms with E-state index in [0.717, 1.165) is 76.6 Å². The highest BCUT2D eigenvalue weighted by Crippen LogP contribution is 2.10. The number of aryl methyl sites for hydroxylation is 1. The molecule has 2 heterocycles. The number of aliphatic hydroxyl groups is 1. The number of nitrogens with one attached hydrogen (secondary N) is 1. The number of piperidine rings is 1. The van der Waals surface area contributed by atoms with E-state index >= 15 is 0 Å². The van der Waals surface area contributed by atoms with Crippen LogP contribution >= 0.6 is 24.0 Å². The zero-order valence-electron chi connectivity index (χ0n) is 14.8. The Labute approximate surface area is 162 Å². The Bertz CT molecular complexity index is 485. The van der Waals surface area contributed by atoms with Gasteiger partial charge in [0.05, 0.1) is 6.10 Å². The fourth-order valence-electron chi connectivity index (χ4n) is 2.72. The first kappa shape index (κ1) is 21.1. The molecular formula is C16H31IN6O. The van der Waals surface area contributed by atoms with Crippen molar-refractivity contribution in [3.63, 3.8) is 0 Å². The number of aliphatic imine (C=N–C) groups is 1. The van der Waals surface area contributed by atoms with E-state index in [9.17, 15) is 5.11 Å². The molecule has 24 heavy (non-hydrogen) atoms. The van der Waals surface area contributed by atoms with E-state index < -0.39 is 0 Å². The zero-order chi connectivity index (χ0) is 16.5. The third-order valence-electron chi connectivity index (χ3n) is 4.19. The largest absolute Gasteiger partial charge is 0.393 e. The van der Waals surface area contributed by atoms with Crippen molar-refractivity contribution in [2.24, 2.45) is 4.99 Å². The van der Waals surface area contributed by atoms with E-state index in [0.29, 0.717) is 0 Å². The number of nitrogens with zero attached hydrogens (tertiary/aromatic N) is 5. The molecule has 0 atom stereocenters. The van der Waals surface area contributed by atoms with Gasteiger partial charge in [0.2, 0.25) is 0 Å². The van der Waals surface area contributed by atoms with Crippen LogP contribution in [0.4, 0.5) is 0 Å². The highest BCUT2D eigenvalue weighted by molar-refractivity contribution is 14.0. The van der Waals surface area contributed by atoms with Crippen LogP contribution in [0.1, 0.15) is 45.4 Å². The third-order valence-corrected chi connectivity index (χ3v) is 4.19. The summed E-state index contributed by atoms with van der Waals surface area (Å²) in [5.74, 6) is 1.98. The van der Waals surface area contributed by atoms with Crippen molar-refractivity contribution in [2.45, 2.75) is 58.6 Å². The average molecular weight is 450 g/mol. The lowest BCUT2D eigenvalue weighted by molar-refractivity contribution is 0.108. The van der Waals surface area contributed by atoms with Gasteiger partial charge in [-0.25, -0.2) is 0 Å². The van der Waals surface area contributed by atoms with Crippen molar-refractivity contribution in [1.82, 2.24) is 25.0 Å². The minimum absolute atomic E-state index is 0. The molecule has 0 aromatic carbocycles. The van der Waals surface area contributed by atoms with Crippen molar-refractivity contribution in [3.05, 3.63) is 12.2 Å². The predicted molar refractivity (Wildman–Crippen MR) is 107 cm³/mol. The fraction of sp³-hybridized carbons (Fsp3) is 0.812. The van der Waals surface area contributed by atoms with Crippen molar-refractivity contribution in [1.29, 1.82) is 0 Å². The molecule has 7 nitrogen and oxygen atoms in total. The number of halogens is 1. The van der Waals surface area contributed by atoms with Gasteiger partial charge in [0, 0.05) is 39.1 Å². The Balaban J connectivity index is 0.00000288. The van der Waals surface area contributed by atoms with Crippen LogP contribution in [0.3, 0.4) is 0 Å². The second kappa shape index (κ2) is 11.6. The lowest BCUT2D eigenvalue weighted by Gasteiger charge is -2.32. The Morgan fingerprint density at radius 1 is 1.38 bits per heavy atom. The normalized spacial score (nSPS) is 16.1. The number of hydrogen-bond acceptors (Lipinski definition) is 4. The van der Waals surface area contributed by atoms with Crippen LogP contribution in [0.2, 0.25) is 0 Å². The van der Waals surface area contributed by atoms with E-state index in [4.69, 9.17) is 4.99 Å². The van der Waals surface area contributed by atoms with Gasteiger partial charge in [-0.15, -0.1) is 34.2 Å². The van der Waals surface area contributed by atoms with Gasteiger partial charge in [-0.1, -0.05) is 20.3 Å². The van der Waals surface area contributed by atoms with Gasteiger partial charge in [-0.3, -0.25) is 4.99 Å². The van der Waals surface area contributed by atoms with Crippen LogP contribution in [-0.4, -0.2) is 63.0 Å². The monoisotopic (exact) mass is 450 g/mol. The third kappa shape index (κ3) is 6.54. The first-order valence-corrected chi connectivity index (χ1v) is 8.82. The molecule has 0 saturated carbocycles. The maximum absolute atomic E-state index is 9.68. The second-order valence-corrected chi connectivity index (χ2v) is 6.00. The van der Waals surface area contributed by atoms with Gasteiger partial charge in [-0.05, 0) is 19.3 Å². The van der Waals surface area contributed by atoms with Crippen LogP contribution in [0.5, 0.6) is 0 Å². The van der Waals surface area contributed by atoms with Crippen LogP contribution in [0.25, 0.3) is 0 Å². The van der Waals surface area contributed by atoms with E-state index in [-0.39, 0.29) is 30.1 Å². The second-order valence-electron chi connectivity index (χ2n) is 6.00. The molecule has 1 aliphatic heterocycles. The van der Waals surface area contributed by atoms with Gasteiger partial charge in [0.15, 0.2) is 5.96 Å². The molecule has 1 saturated heterocycles. The summed E-state index contributed by atoms with van der Waals surface area (Å²) in [6, 6.07) is 0. The molecule has 1 fully saturated rings.